The maximum absolute atomic E-state index is 11.4. The Morgan fingerprint density at radius 3 is 2.56 bits per heavy atom. The number of hydrogen-bond donors (Lipinski definition) is 3. The zero-order chi connectivity index (χ0) is 18.3. The summed E-state index contributed by atoms with van der Waals surface area (Å²) in [5, 5.41) is 40.9. The number of carboxylic acids is 1. The number of carbonyl (C=O) groups is 1. The fourth-order valence-corrected chi connectivity index (χ4v) is 2.65. The molecule has 0 saturated carbocycles. The first-order chi connectivity index (χ1) is 11.8. The van der Waals surface area contributed by atoms with Gasteiger partial charge in [-0.2, -0.15) is 0 Å². The molecule has 0 bridgehead atoms. The van der Waals surface area contributed by atoms with Crippen LogP contribution in [0.15, 0.2) is 33.5 Å². The summed E-state index contributed by atoms with van der Waals surface area (Å²) in [6.07, 6.45) is -8.82. The number of rotatable bonds is 3. The summed E-state index contributed by atoms with van der Waals surface area (Å²) in [5.74, 6) is -1.65. The van der Waals surface area contributed by atoms with Gasteiger partial charge in [0.05, 0.1) is 5.97 Å². The Morgan fingerprint density at radius 2 is 1.88 bits per heavy atom. The second kappa shape index (κ2) is 6.45. The van der Waals surface area contributed by atoms with Crippen molar-refractivity contribution in [2.24, 2.45) is 0 Å². The van der Waals surface area contributed by atoms with Crippen molar-refractivity contribution in [1.29, 1.82) is 0 Å². The molecule has 1 aromatic heterocycles. The molecule has 9 nitrogen and oxygen atoms in total. The molecular weight excluding hydrogens is 336 g/mol. The largest absolute Gasteiger partial charge is 0.547 e. The van der Waals surface area contributed by atoms with Gasteiger partial charge in [-0.05, 0) is 24.6 Å². The predicted octanol–water partition coefficient (Wildman–Crippen LogP) is -1.96. The van der Waals surface area contributed by atoms with E-state index in [0.29, 0.717) is 10.9 Å². The molecule has 0 unspecified atom stereocenters. The first kappa shape index (κ1) is 17.4. The van der Waals surface area contributed by atoms with Crippen LogP contribution in [0.1, 0.15) is 5.56 Å². The number of aliphatic hydroxyl groups is 3. The average molecular weight is 351 g/mol. The van der Waals surface area contributed by atoms with Gasteiger partial charge in [-0.3, -0.25) is 0 Å². The highest BCUT2D eigenvalue weighted by molar-refractivity contribution is 5.81. The number of aryl methyl sites for hydroxylation is 1. The van der Waals surface area contributed by atoms with Crippen molar-refractivity contribution >= 4 is 16.9 Å². The second-order valence-corrected chi connectivity index (χ2v) is 5.74. The number of fused-ring (bicyclic) bond motifs is 1. The fraction of sp³-hybridized carbons (Fsp3) is 0.375. The van der Waals surface area contributed by atoms with E-state index >= 15 is 0 Å². The highest BCUT2D eigenvalue weighted by atomic mass is 16.7. The standard InChI is InChI=1S/C16H16O9/c1-6-4-10(17)24-9-5-7(2-3-8(6)9)23-16-13(20)11(18)12(19)14(25-16)15(21)22/h2-5,11-14,16,18-20H,1H3,(H,21,22)/p-1/t11-,12+,13-,14-,16-/m1/s1. The van der Waals surface area contributed by atoms with Crippen LogP contribution in [0.5, 0.6) is 5.75 Å². The lowest BCUT2D eigenvalue weighted by atomic mass is 9.99. The molecule has 1 aliphatic rings. The van der Waals surface area contributed by atoms with E-state index in [9.17, 15) is 30.0 Å². The smallest absolute Gasteiger partial charge is 0.336 e. The van der Waals surface area contributed by atoms with Crippen molar-refractivity contribution in [3.8, 4) is 5.75 Å². The molecule has 1 saturated heterocycles. The lowest BCUT2D eigenvalue weighted by molar-refractivity contribution is -0.342. The number of ether oxygens (including phenoxy) is 2. The fourth-order valence-electron chi connectivity index (χ4n) is 2.65. The molecule has 0 radical (unpaired) electrons. The third kappa shape index (κ3) is 3.22. The minimum absolute atomic E-state index is 0.103. The Hall–Kier alpha value is -2.46. The van der Waals surface area contributed by atoms with Gasteiger partial charge in [0.25, 0.3) is 0 Å². The van der Waals surface area contributed by atoms with Gasteiger partial charge in [0, 0.05) is 17.5 Å². The predicted molar refractivity (Wildman–Crippen MR) is 79.5 cm³/mol. The average Bonchev–Trinajstić information content (AvgIpc) is 2.54. The van der Waals surface area contributed by atoms with Crippen LogP contribution in [0.2, 0.25) is 0 Å². The summed E-state index contributed by atoms with van der Waals surface area (Å²) in [6.45, 7) is 1.73. The summed E-state index contributed by atoms with van der Waals surface area (Å²) in [6, 6.07) is 5.81. The number of benzene rings is 1. The summed E-state index contributed by atoms with van der Waals surface area (Å²) < 4.78 is 15.4. The molecule has 25 heavy (non-hydrogen) atoms. The maximum Gasteiger partial charge on any atom is 0.336 e. The van der Waals surface area contributed by atoms with Gasteiger partial charge in [-0.25, -0.2) is 4.79 Å². The summed E-state index contributed by atoms with van der Waals surface area (Å²) in [4.78, 5) is 22.4. The molecule has 1 aromatic carbocycles. The maximum atomic E-state index is 11.4. The van der Waals surface area contributed by atoms with Crippen molar-refractivity contribution in [2.45, 2.75) is 37.6 Å². The summed E-state index contributed by atoms with van der Waals surface area (Å²) in [7, 11) is 0. The van der Waals surface area contributed by atoms with E-state index in [2.05, 4.69) is 0 Å². The van der Waals surface area contributed by atoms with Crippen molar-refractivity contribution in [3.05, 3.63) is 40.2 Å². The van der Waals surface area contributed by atoms with Crippen molar-refractivity contribution in [3.63, 3.8) is 0 Å². The highest BCUT2D eigenvalue weighted by Gasteiger charge is 2.45. The SMILES string of the molecule is Cc1cc(=O)oc2cc(O[C@@H]3O[C@@H](C(=O)[O-])[C@@H](O)[C@@H](O)[C@H]3O)ccc12. The molecule has 2 aromatic rings. The number of aliphatic carboxylic acids is 1. The van der Waals surface area contributed by atoms with E-state index in [1.54, 1.807) is 13.0 Å². The van der Waals surface area contributed by atoms with Gasteiger partial charge in [0.1, 0.15) is 35.7 Å². The molecule has 1 fully saturated rings. The van der Waals surface area contributed by atoms with Gasteiger partial charge >= 0.3 is 5.63 Å². The molecule has 0 aliphatic carbocycles. The van der Waals surface area contributed by atoms with E-state index in [-0.39, 0.29) is 11.3 Å². The van der Waals surface area contributed by atoms with Crippen LogP contribution >= 0.6 is 0 Å². The third-order valence-corrected chi connectivity index (χ3v) is 3.98. The van der Waals surface area contributed by atoms with Crippen LogP contribution in [-0.2, 0) is 9.53 Å². The van der Waals surface area contributed by atoms with Crippen LogP contribution in [0.3, 0.4) is 0 Å². The monoisotopic (exact) mass is 351 g/mol. The van der Waals surface area contributed by atoms with Crippen LogP contribution in [0.4, 0.5) is 0 Å². The normalized spacial score (nSPS) is 29.5. The van der Waals surface area contributed by atoms with Gasteiger partial charge in [-0.15, -0.1) is 0 Å². The number of carbonyl (C=O) groups excluding carboxylic acids is 1. The van der Waals surface area contributed by atoms with Crippen LogP contribution in [0.25, 0.3) is 11.0 Å². The lowest BCUT2D eigenvalue weighted by Gasteiger charge is -2.40. The van der Waals surface area contributed by atoms with Crippen molar-refractivity contribution < 1.29 is 39.1 Å². The zero-order valence-electron chi connectivity index (χ0n) is 13.0. The Morgan fingerprint density at radius 1 is 1.16 bits per heavy atom. The Balaban J connectivity index is 1.89. The topological polar surface area (TPSA) is 149 Å². The number of carboxylic acid groups (broad SMARTS) is 1. The van der Waals surface area contributed by atoms with Gasteiger partial charge in [0.2, 0.25) is 6.29 Å². The third-order valence-electron chi connectivity index (χ3n) is 3.98. The van der Waals surface area contributed by atoms with Crippen LogP contribution in [-0.4, -0.2) is 52.0 Å². The van der Waals surface area contributed by atoms with Crippen LogP contribution in [0, 0.1) is 6.92 Å². The van der Waals surface area contributed by atoms with Gasteiger partial charge in [-0.1, -0.05) is 0 Å². The van der Waals surface area contributed by atoms with E-state index in [1.165, 1.54) is 18.2 Å². The first-order valence-corrected chi connectivity index (χ1v) is 7.39. The van der Waals surface area contributed by atoms with Gasteiger partial charge in [0.15, 0.2) is 0 Å². The molecule has 3 rings (SSSR count). The van der Waals surface area contributed by atoms with Crippen molar-refractivity contribution in [1.82, 2.24) is 0 Å². The molecule has 0 amide bonds. The Bertz CT molecular complexity index is 858. The lowest BCUT2D eigenvalue weighted by Crippen LogP contribution is -2.63. The quantitative estimate of drug-likeness (QED) is 0.536. The Kier molecular flexibility index (Phi) is 4.48. The molecule has 2 heterocycles. The molecular formula is C16H15O9-. The Labute approximate surface area is 140 Å². The number of hydrogen-bond acceptors (Lipinski definition) is 9. The van der Waals surface area contributed by atoms with E-state index < -0.39 is 42.3 Å². The highest BCUT2D eigenvalue weighted by Crippen LogP contribution is 2.27. The van der Waals surface area contributed by atoms with E-state index in [1.807, 2.05) is 0 Å². The molecule has 9 heteroatoms. The summed E-state index contributed by atoms with van der Waals surface area (Å²) >= 11 is 0. The second-order valence-electron chi connectivity index (χ2n) is 5.74. The van der Waals surface area contributed by atoms with E-state index in [0.717, 1.165) is 0 Å². The van der Waals surface area contributed by atoms with Gasteiger partial charge < -0.3 is 39.1 Å². The molecule has 3 N–H and O–H groups in total. The number of aliphatic hydroxyl groups excluding tert-OH is 3. The zero-order valence-corrected chi connectivity index (χ0v) is 13.0. The molecule has 1 aliphatic heterocycles. The molecule has 5 atom stereocenters. The van der Waals surface area contributed by atoms with Crippen LogP contribution < -0.4 is 15.5 Å². The molecule has 0 spiro atoms. The molecule has 134 valence electrons. The van der Waals surface area contributed by atoms with E-state index in [4.69, 9.17) is 13.9 Å². The first-order valence-electron chi connectivity index (χ1n) is 7.39. The summed E-state index contributed by atoms with van der Waals surface area (Å²) in [5.41, 5.74) is 0.374. The minimum atomic E-state index is -1.87. The van der Waals surface area contributed by atoms with Crippen molar-refractivity contribution in [2.75, 3.05) is 0 Å². The minimum Gasteiger partial charge on any atom is -0.547 e.